The van der Waals surface area contributed by atoms with Gasteiger partial charge in [0.25, 0.3) is 5.91 Å². The molecule has 0 bridgehead atoms. The molecule has 26 heavy (non-hydrogen) atoms. The Morgan fingerprint density at radius 1 is 1.23 bits per heavy atom. The predicted molar refractivity (Wildman–Crippen MR) is 95.3 cm³/mol. The molecule has 2 atom stereocenters. The van der Waals surface area contributed by atoms with E-state index in [2.05, 4.69) is 0 Å². The van der Waals surface area contributed by atoms with Crippen LogP contribution in [0.15, 0.2) is 24.3 Å². The third-order valence-corrected chi connectivity index (χ3v) is 4.49. The zero-order chi connectivity index (χ0) is 18.9. The molecule has 0 spiro atoms. The lowest BCUT2D eigenvalue weighted by atomic mass is 10.2. The molecule has 0 aromatic heterocycles. The van der Waals surface area contributed by atoms with Crippen molar-refractivity contribution in [3.8, 4) is 11.5 Å². The van der Waals surface area contributed by atoms with Gasteiger partial charge >= 0.3 is 6.09 Å². The second-order valence-corrected chi connectivity index (χ2v) is 7.68. The van der Waals surface area contributed by atoms with Crippen LogP contribution in [0.4, 0.5) is 4.79 Å². The molecule has 0 saturated carbocycles. The highest BCUT2D eigenvalue weighted by molar-refractivity contribution is 5.82. The van der Waals surface area contributed by atoms with E-state index in [4.69, 9.17) is 14.2 Å². The number of amides is 2. The minimum atomic E-state index is -0.675. The van der Waals surface area contributed by atoms with Crippen LogP contribution in [-0.2, 0) is 9.53 Å². The summed E-state index contributed by atoms with van der Waals surface area (Å²) in [6.45, 7) is 6.73. The van der Waals surface area contributed by atoms with Crippen LogP contribution in [-0.4, -0.2) is 66.3 Å². The van der Waals surface area contributed by atoms with E-state index in [-0.39, 0.29) is 24.6 Å². The number of para-hydroxylation sites is 2. The van der Waals surface area contributed by atoms with Gasteiger partial charge in [-0.05, 0) is 39.3 Å². The first-order valence-electron chi connectivity index (χ1n) is 8.87. The fourth-order valence-electron chi connectivity index (χ4n) is 3.10. The van der Waals surface area contributed by atoms with E-state index in [1.807, 2.05) is 39.0 Å². The van der Waals surface area contributed by atoms with E-state index >= 15 is 0 Å². The van der Waals surface area contributed by atoms with Gasteiger partial charge in [-0.25, -0.2) is 4.79 Å². The summed E-state index contributed by atoms with van der Waals surface area (Å²) >= 11 is 0. The molecule has 0 aliphatic carbocycles. The van der Waals surface area contributed by atoms with E-state index in [1.54, 1.807) is 22.9 Å². The highest BCUT2D eigenvalue weighted by Gasteiger charge is 2.37. The van der Waals surface area contributed by atoms with Crippen molar-refractivity contribution in [2.24, 2.45) is 0 Å². The van der Waals surface area contributed by atoms with Crippen LogP contribution in [0.3, 0.4) is 0 Å². The van der Waals surface area contributed by atoms with Gasteiger partial charge in [0.2, 0.25) is 6.10 Å². The van der Waals surface area contributed by atoms with Crippen molar-refractivity contribution < 1.29 is 23.8 Å². The van der Waals surface area contributed by atoms with Gasteiger partial charge in [0.05, 0.1) is 6.04 Å². The molecule has 2 amide bonds. The molecule has 1 aromatic rings. The van der Waals surface area contributed by atoms with Gasteiger partial charge in [0.1, 0.15) is 12.2 Å². The third-order valence-electron chi connectivity index (χ3n) is 4.49. The number of benzene rings is 1. The molecule has 142 valence electrons. The monoisotopic (exact) mass is 362 g/mol. The number of carbonyl (C=O) groups is 2. The summed E-state index contributed by atoms with van der Waals surface area (Å²) in [5, 5.41) is 0. The van der Waals surface area contributed by atoms with Gasteiger partial charge in [-0.2, -0.15) is 0 Å². The average molecular weight is 362 g/mol. The van der Waals surface area contributed by atoms with Crippen LogP contribution in [0.5, 0.6) is 11.5 Å². The van der Waals surface area contributed by atoms with Gasteiger partial charge in [0, 0.05) is 20.1 Å². The highest BCUT2D eigenvalue weighted by Crippen LogP contribution is 2.31. The lowest BCUT2D eigenvalue weighted by molar-refractivity contribution is -0.141. The van der Waals surface area contributed by atoms with E-state index < -0.39 is 11.7 Å². The van der Waals surface area contributed by atoms with Gasteiger partial charge in [-0.15, -0.1) is 0 Å². The molecule has 7 nitrogen and oxygen atoms in total. The van der Waals surface area contributed by atoms with Crippen molar-refractivity contribution in [2.75, 3.05) is 26.7 Å². The second-order valence-electron chi connectivity index (χ2n) is 7.68. The summed E-state index contributed by atoms with van der Waals surface area (Å²) < 4.78 is 16.8. The molecule has 2 aliphatic rings. The molecule has 0 N–H and O–H groups in total. The number of rotatable bonds is 2. The van der Waals surface area contributed by atoms with Crippen LogP contribution in [0.1, 0.15) is 27.2 Å². The fraction of sp³-hybridized carbons (Fsp3) is 0.579. The average Bonchev–Trinajstić information content (AvgIpc) is 3.09. The number of nitrogens with zero attached hydrogens (tertiary/aromatic N) is 2. The van der Waals surface area contributed by atoms with E-state index in [0.29, 0.717) is 31.0 Å². The largest absolute Gasteiger partial charge is 0.485 e. The summed E-state index contributed by atoms with van der Waals surface area (Å²) in [6.07, 6.45) is -0.302. The smallest absolute Gasteiger partial charge is 0.410 e. The standard InChI is InChI=1S/C19H26N2O5/c1-19(2,3)26-18(23)21-10-9-13(11-21)20(4)17(22)16-12-24-14-7-5-6-8-15(14)25-16/h5-8,13,16H,9-12H2,1-4H3/t13-,16-/m1/s1. The molecule has 1 fully saturated rings. The molecule has 0 unspecified atom stereocenters. The maximum absolute atomic E-state index is 12.8. The highest BCUT2D eigenvalue weighted by atomic mass is 16.6. The van der Waals surface area contributed by atoms with Crippen molar-refractivity contribution in [3.63, 3.8) is 0 Å². The molecule has 1 aromatic carbocycles. The first kappa shape index (κ1) is 18.4. The SMILES string of the molecule is CN(C(=O)[C@H]1COc2ccccc2O1)[C@@H]1CCN(C(=O)OC(C)(C)C)C1. The van der Waals surface area contributed by atoms with Gasteiger partial charge in [-0.3, -0.25) is 4.79 Å². The van der Waals surface area contributed by atoms with Crippen LogP contribution >= 0.6 is 0 Å². The van der Waals surface area contributed by atoms with Crippen molar-refractivity contribution in [3.05, 3.63) is 24.3 Å². The van der Waals surface area contributed by atoms with Crippen LogP contribution in [0.2, 0.25) is 0 Å². The minimum absolute atomic E-state index is 0.0595. The van der Waals surface area contributed by atoms with Gasteiger partial charge in [-0.1, -0.05) is 12.1 Å². The zero-order valence-corrected chi connectivity index (χ0v) is 15.7. The Morgan fingerprint density at radius 2 is 1.92 bits per heavy atom. The van der Waals surface area contributed by atoms with Crippen molar-refractivity contribution in [1.29, 1.82) is 0 Å². The van der Waals surface area contributed by atoms with Crippen LogP contribution in [0.25, 0.3) is 0 Å². The Labute approximate surface area is 153 Å². The van der Waals surface area contributed by atoms with Crippen molar-refractivity contribution >= 4 is 12.0 Å². The quantitative estimate of drug-likeness (QED) is 0.807. The maximum Gasteiger partial charge on any atom is 0.410 e. The van der Waals surface area contributed by atoms with E-state index in [0.717, 1.165) is 0 Å². The third kappa shape index (κ3) is 4.03. The number of likely N-dealkylation sites (N-methyl/N-ethyl adjacent to an activating group) is 1. The number of fused-ring (bicyclic) bond motifs is 1. The molecule has 7 heteroatoms. The van der Waals surface area contributed by atoms with Gasteiger partial charge in [0.15, 0.2) is 11.5 Å². The normalized spacial score (nSPS) is 22.1. The molecular weight excluding hydrogens is 336 g/mol. The topological polar surface area (TPSA) is 68.3 Å². The lowest BCUT2D eigenvalue weighted by Gasteiger charge is -2.31. The predicted octanol–water partition coefficient (Wildman–Crippen LogP) is 2.29. The second kappa shape index (κ2) is 7.05. The zero-order valence-electron chi connectivity index (χ0n) is 15.7. The number of carbonyl (C=O) groups excluding carboxylic acids is 2. The van der Waals surface area contributed by atoms with E-state index in [1.165, 1.54) is 0 Å². The Kier molecular flexibility index (Phi) is 4.98. The fourth-order valence-corrected chi connectivity index (χ4v) is 3.10. The molecule has 2 aliphatic heterocycles. The summed E-state index contributed by atoms with van der Waals surface area (Å²) in [4.78, 5) is 28.3. The lowest BCUT2D eigenvalue weighted by Crippen LogP contribution is -2.49. The molecule has 0 radical (unpaired) electrons. The molecule has 1 saturated heterocycles. The number of ether oxygens (including phenoxy) is 3. The summed E-state index contributed by atoms with van der Waals surface area (Å²) in [5.41, 5.74) is -0.530. The maximum atomic E-state index is 12.8. The van der Waals surface area contributed by atoms with Crippen LogP contribution in [0, 0.1) is 0 Å². The first-order chi connectivity index (χ1) is 12.2. The molecule has 3 rings (SSSR count). The van der Waals surface area contributed by atoms with Crippen molar-refractivity contribution in [2.45, 2.75) is 44.9 Å². The number of likely N-dealkylation sites (tertiary alicyclic amines) is 1. The summed E-state index contributed by atoms with van der Waals surface area (Å²) in [6, 6.07) is 7.24. The summed E-state index contributed by atoms with van der Waals surface area (Å²) in [7, 11) is 1.75. The first-order valence-corrected chi connectivity index (χ1v) is 8.87. The van der Waals surface area contributed by atoms with Crippen molar-refractivity contribution in [1.82, 2.24) is 9.80 Å². The Balaban J connectivity index is 1.57. The molecular formula is C19H26N2O5. The number of hydrogen-bond donors (Lipinski definition) is 0. The summed E-state index contributed by atoms with van der Waals surface area (Å²) in [5.74, 6) is 1.08. The van der Waals surface area contributed by atoms with Crippen LogP contribution < -0.4 is 9.47 Å². The minimum Gasteiger partial charge on any atom is -0.485 e. The van der Waals surface area contributed by atoms with E-state index in [9.17, 15) is 9.59 Å². The van der Waals surface area contributed by atoms with Gasteiger partial charge < -0.3 is 24.0 Å². The Hall–Kier alpha value is -2.44. The number of hydrogen-bond acceptors (Lipinski definition) is 5. The molecule has 2 heterocycles. The Bertz CT molecular complexity index is 685. The Morgan fingerprint density at radius 3 is 2.62 bits per heavy atom.